The predicted octanol–water partition coefficient (Wildman–Crippen LogP) is 3.51. The Morgan fingerprint density at radius 3 is 2.85 bits per heavy atom. The minimum atomic E-state index is 0.814. The Balaban J connectivity index is 0.000000671. The number of benzene rings is 1. The van der Waals surface area contributed by atoms with Crippen LogP contribution in [0.15, 0.2) is 24.3 Å². The van der Waals surface area contributed by atoms with Gasteiger partial charge < -0.3 is 4.74 Å². The molecule has 13 heavy (non-hydrogen) atoms. The van der Waals surface area contributed by atoms with Gasteiger partial charge in [-0.2, -0.15) is 18.2 Å². The van der Waals surface area contributed by atoms with Gasteiger partial charge in [-0.05, 0) is 6.42 Å². The summed E-state index contributed by atoms with van der Waals surface area (Å²) in [6.07, 6.45) is 2.30. The number of hydrogen-bond acceptors (Lipinski definition) is 1. The fourth-order valence-electron chi connectivity index (χ4n) is 0.801. The summed E-state index contributed by atoms with van der Waals surface area (Å²) in [5, 5.41) is 0. The van der Waals surface area contributed by atoms with Gasteiger partial charge in [0.15, 0.2) is 0 Å². The van der Waals surface area contributed by atoms with Gasteiger partial charge in [0.1, 0.15) is 0 Å². The summed E-state index contributed by atoms with van der Waals surface area (Å²) in [4.78, 5) is 0. The summed E-state index contributed by atoms with van der Waals surface area (Å²) < 4.78 is 5.42. The molecule has 1 rings (SSSR count). The normalized spacial score (nSPS) is 8.62. The third-order valence-electron chi connectivity index (χ3n) is 1.45. The zero-order chi connectivity index (χ0) is 9.94. The van der Waals surface area contributed by atoms with E-state index in [9.17, 15) is 0 Å². The van der Waals surface area contributed by atoms with E-state index in [1.807, 2.05) is 24.3 Å². The molecule has 0 N–H and O–H groups in total. The van der Waals surface area contributed by atoms with Crippen LogP contribution in [0.1, 0.15) is 19.8 Å². The Kier molecular flexibility index (Phi) is 10.3. The number of unbranched alkanes of at least 4 members (excludes halogenated alkanes) is 1. The average Bonchev–Trinajstić information content (AvgIpc) is 2.23. The number of ether oxygens (including phenoxy) is 1. The van der Waals surface area contributed by atoms with Crippen molar-refractivity contribution in [3.05, 3.63) is 30.3 Å². The van der Waals surface area contributed by atoms with Gasteiger partial charge in [-0.15, -0.1) is 12.1 Å². The van der Waals surface area contributed by atoms with E-state index in [1.54, 1.807) is 0 Å². The Labute approximate surface area is 96.9 Å². The molecule has 0 amide bonds. The van der Waals surface area contributed by atoms with Gasteiger partial charge in [0.25, 0.3) is 0 Å². The molecule has 0 aromatic heterocycles. The van der Waals surface area contributed by atoms with Gasteiger partial charge in [0, 0.05) is 5.75 Å². The third kappa shape index (κ3) is 7.21. The molecule has 1 aromatic carbocycles. The average molecular weight is 295 g/mol. The fraction of sp³-hybridized carbons (Fsp3) is 0.400. The van der Waals surface area contributed by atoms with E-state index in [0.29, 0.717) is 0 Å². The van der Waals surface area contributed by atoms with Crippen LogP contribution in [0.5, 0.6) is 5.75 Å². The van der Waals surface area contributed by atoms with Gasteiger partial charge in [-0.1, -0.05) is 13.3 Å². The molecule has 0 aliphatic rings. The second kappa shape index (κ2) is 10.2. The van der Waals surface area contributed by atoms with Gasteiger partial charge in [0.2, 0.25) is 0 Å². The molecule has 0 heterocycles. The van der Waals surface area contributed by atoms with E-state index in [1.165, 1.54) is 22.8 Å². The van der Waals surface area contributed by atoms with E-state index in [4.69, 9.17) is 4.74 Å². The standard InChI is InChI=1S/C10H13O.BrH.Zn/c1-2-3-9-11-10-7-5-4-6-8-10;;/h4-5,7-8H,2-3,9H2,1H3;1H;/q-1;;+2/p-1. The van der Waals surface area contributed by atoms with Crippen LogP contribution < -0.4 is 4.74 Å². The van der Waals surface area contributed by atoms with Crippen molar-refractivity contribution in [3.63, 3.8) is 0 Å². The predicted molar refractivity (Wildman–Crippen MR) is 54.6 cm³/mol. The Bertz CT molecular complexity index is 191. The Morgan fingerprint density at radius 2 is 2.31 bits per heavy atom. The van der Waals surface area contributed by atoms with E-state index < -0.39 is 0 Å². The van der Waals surface area contributed by atoms with Crippen LogP contribution in [-0.2, 0) is 16.3 Å². The van der Waals surface area contributed by atoms with Crippen LogP contribution in [-0.4, -0.2) is 6.61 Å². The van der Waals surface area contributed by atoms with Crippen LogP contribution >= 0.6 is 13.6 Å². The summed E-state index contributed by atoms with van der Waals surface area (Å²) in [5.41, 5.74) is 0. The molecule has 0 saturated carbocycles. The van der Waals surface area contributed by atoms with Gasteiger partial charge in [-0.3, -0.25) is 0 Å². The zero-order valence-electron chi connectivity index (χ0n) is 7.92. The third-order valence-corrected chi connectivity index (χ3v) is 1.45. The molecule has 0 aliphatic heterocycles. The van der Waals surface area contributed by atoms with Crippen molar-refractivity contribution < 1.29 is 21.1 Å². The van der Waals surface area contributed by atoms with E-state index >= 15 is 0 Å². The van der Waals surface area contributed by atoms with Gasteiger partial charge in [-0.25, -0.2) is 0 Å². The minimum absolute atomic E-state index is 0.814. The maximum atomic E-state index is 5.42. The summed E-state index contributed by atoms with van der Waals surface area (Å²) in [6, 6.07) is 10.6. The molecule has 0 radical (unpaired) electrons. The summed E-state index contributed by atoms with van der Waals surface area (Å²) in [7, 11) is 0. The first-order valence-electron chi connectivity index (χ1n) is 4.29. The van der Waals surface area contributed by atoms with Crippen LogP contribution in [0.4, 0.5) is 0 Å². The van der Waals surface area contributed by atoms with E-state index in [-0.39, 0.29) is 0 Å². The molecule has 1 aromatic rings. The quantitative estimate of drug-likeness (QED) is 0.469. The van der Waals surface area contributed by atoms with Crippen molar-refractivity contribution in [2.75, 3.05) is 6.61 Å². The van der Waals surface area contributed by atoms with E-state index in [0.717, 1.165) is 18.8 Å². The molecule has 0 fully saturated rings. The molecule has 3 heteroatoms. The first kappa shape index (κ1) is 13.1. The first-order valence-corrected chi connectivity index (χ1v) is 11.2. The fourth-order valence-corrected chi connectivity index (χ4v) is 0.801. The van der Waals surface area contributed by atoms with Crippen LogP contribution in [0.25, 0.3) is 0 Å². The van der Waals surface area contributed by atoms with Crippen molar-refractivity contribution in [1.29, 1.82) is 0 Å². The second-order valence-corrected chi connectivity index (χ2v) is 2.44. The van der Waals surface area contributed by atoms with Crippen molar-refractivity contribution in [3.8, 4) is 5.75 Å². The SMILES string of the molecule is CCCCOc1c[c-]ccc1.[Zn+][Br]. The van der Waals surface area contributed by atoms with Crippen LogP contribution in [0, 0.1) is 6.07 Å². The van der Waals surface area contributed by atoms with Gasteiger partial charge in [0.05, 0.1) is 6.61 Å². The molecule has 1 nitrogen and oxygen atoms in total. The first-order chi connectivity index (χ1) is 6.43. The van der Waals surface area contributed by atoms with Crippen molar-refractivity contribution in [2.24, 2.45) is 0 Å². The molecule has 0 spiro atoms. The molecular formula is C10H13BrOZn. The maximum absolute atomic E-state index is 5.42. The Hall–Kier alpha value is 0.123. The number of rotatable bonds is 4. The van der Waals surface area contributed by atoms with Crippen molar-refractivity contribution in [2.45, 2.75) is 19.8 Å². The van der Waals surface area contributed by atoms with Crippen molar-refractivity contribution in [1.82, 2.24) is 0 Å². The molecular weight excluding hydrogens is 281 g/mol. The molecule has 0 unspecified atom stereocenters. The number of hydrogen-bond donors (Lipinski definition) is 0. The molecule has 0 bridgehead atoms. The van der Waals surface area contributed by atoms with Crippen molar-refractivity contribution >= 4 is 13.6 Å². The zero-order valence-corrected chi connectivity index (χ0v) is 12.5. The number of halogens is 1. The summed E-state index contributed by atoms with van der Waals surface area (Å²) in [6.45, 7) is 2.97. The monoisotopic (exact) mass is 292 g/mol. The summed E-state index contributed by atoms with van der Waals surface area (Å²) >= 11 is 4.25. The molecule has 68 valence electrons. The van der Waals surface area contributed by atoms with Crippen LogP contribution in [0.3, 0.4) is 0 Å². The summed E-state index contributed by atoms with van der Waals surface area (Å²) in [5.74, 6) is 0.918. The Morgan fingerprint density at radius 1 is 1.54 bits per heavy atom. The molecule has 0 atom stereocenters. The van der Waals surface area contributed by atoms with E-state index in [2.05, 4.69) is 26.6 Å². The topological polar surface area (TPSA) is 9.23 Å². The van der Waals surface area contributed by atoms with Gasteiger partial charge >= 0.3 is 30.0 Å². The molecule has 0 aliphatic carbocycles. The molecule has 0 saturated heterocycles. The van der Waals surface area contributed by atoms with Crippen LogP contribution in [0.2, 0.25) is 0 Å². The second-order valence-electron chi connectivity index (χ2n) is 2.44.